The smallest absolute Gasteiger partial charge is 0.188 e. The molecule has 78 valence electrons. The third-order valence-corrected chi connectivity index (χ3v) is 1.70. The maximum Gasteiger partial charge on any atom is 0.188 e. The van der Waals surface area contributed by atoms with Gasteiger partial charge in [-0.05, 0) is 0 Å². The van der Waals surface area contributed by atoms with Crippen molar-refractivity contribution in [1.29, 1.82) is 5.41 Å². The molecule has 0 unspecified atom stereocenters. The minimum atomic E-state index is -0.240. The van der Waals surface area contributed by atoms with Crippen LogP contribution in [-0.4, -0.2) is 28.2 Å². The van der Waals surface area contributed by atoms with Gasteiger partial charge in [-0.2, -0.15) is 4.73 Å². The highest BCUT2D eigenvalue weighted by molar-refractivity contribution is 5.67. The van der Waals surface area contributed by atoms with Gasteiger partial charge in [-0.25, -0.2) is 0 Å². The Bertz CT molecular complexity index is 386. The third kappa shape index (κ3) is 1.72. The summed E-state index contributed by atoms with van der Waals surface area (Å²) in [5.41, 5.74) is 11.2. The fourth-order valence-corrected chi connectivity index (χ4v) is 1.03. The molecular weight excluding hydrogens is 186 g/mol. The van der Waals surface area contributed by atoms with Crippen LogP contribution in [0.5, 0.6) is 0 Å². The summed E-state index contributed by atoms with van der Waals surface area (Å²) < 4.78 is 0.510. The molecule has 1 rings (SSSR count). The van der Waals surface area contributed by atoms with Gasteiger partial charge in [0.2, 0.25) is 0 Å². The quantitative estimate of drug-likeness (QED) is 0.339. The first-order valence-corrected chi connectivity index (χ1v) is 3.97. The number of nitrogens with zero attached hydrogens (tertiary/aromatic N) is 1. The highest BCUT2D eigenvalue weighted by atomic mass is 16.5. The molecule has 0 aliphatic heterocycles. The second-order valence-electron chi connectivity index (χ2n) is 2.71. The van der Waals surface area contributed by atoms with Crippen LogP contribution in [0.15, 0.2) is 6.07 Å². The van der Waals surface area contributed by atoms with Crippen LogP contribution in [-0.2, 0) is 0 Å². The zero-order chi connectivity index (χ0) is 10.7. The van der Waals surface area contributed by atoms with Gasteiger partial charge in [0.25, 0.3) is 0 Å². The Hall–Kier alpha value is -1.89. The number of aliphatic hydroxyl groups excluding tert-OH is 1. The molecule has 0 aliphatic carbocycles. The average molecular weight is 199 g/mol. The van der Waals surface area contributed by atoms with E-state index >= 15 is 0 Å². The molecule has 7 nitrogen and oxygen atoms in total. The minimum Gasteiger partial charge on any atom is -0.425 e. The first-order valence-electron chi connectivity index (χ1n) is 3.97. The number of aromatic nitrogens is 1. The summed E-state index contributed by atoms with van der Waals surface area (Å²) in [5.74, 6) is -0.0120. The Labute approximate surface area is 80.0 Å². The molecule has 0 fully saturated rings. The third-order valence-electron chi connectivity index (χ3n) is 1.70. The van der Waals surface area contributed by atoms with Gasteiger partial charge in [0.05, 0.1) is 12.3 Å². The molecule has 0 amide bonds. The van der Waals surface area contributed by atoms with Gasteiger partial charge in [-0.15, -0.1) is 0 Å². The summed E-state index contributed by atoms with van der Waals surface area (Å²) in [6, 6.07) is 1.33. The highest BCUT2D eigenvalue weighted by Crippen LogP contribution is 2.14. The van der Waals surface area contributed by atoms with Crippen molar-refractivity contribution in [3.05, 3.63) is 11.6 Å². The van der Waals surface area contributed by atoms with Crippen molar-refractivity contribution < 1.29 is 10.3 Å². The number of nitrogen functional groups attached to an aromatic ring is 2. The Kier molecular flexibility index (Phi) is 2.82. The molecule has 0 bridgehead atoms. The van der Waals surface area contributed by atoms with Gasteiger partial charge in [-0.1, -0.05) is 0 Å². The SMILES string of the molecule is N=c1c(NCCO)c(N)cc(N)n1O. The molecule has 0 saturated carbocycles. The fourth-order valence-electron chi connectivity index (χ4n) is 1.03. The number of nitrogens with one attached hydrogen (secondary N) is 2. The van der Waals surface area contributed by atoms with E-state index in [0.717, 1.165) is 0 Å². The predicted molar refractivity (Wildman–Crippen MR) is 51.9 cm³/mol. The van der Waals surface area contributed by atoms with Crippen molar-refractivity contribution in [1.82, 2.24) is 4.73 Å². The number of hydrogen-bond donors (Lipinski definition) is 6. The summed E-state index contributed by atoms with van der Waals surface area (Å²) in [6.07, 6.45) is 0. The zero-order valence-electron chi connectivity index (χ0n) is 7.49. The van der Waals surface area contributed by atoms with Gasteiger partial charge >= 0.3 is 0 Å². The van der Waals surface area contributed by atoms with E-state index < -0.39 is 0 Å². The molecule has 0 radical (unpaired) electrons. The minimum absolute atomic E-state index is 0.0120. The second kappa shape index (κ2) is 3.88. The van der Waals surface area contributed by atoms with Gasteiger partial charge in [0.1, 0.15) is 11.5 Å². The standard InChI is InChI=1S/C7H13N5O2/c8-4-3-5(9)12(14)7(10)6(4)11-1-2-13/h3,10-11,13-14H,1-2,8-9H2. The summed E-state index contributed by atoms with van der Waals surface area (Å²) >= 11 is 0. The number of rotatable bonds is 3. The zero-order valence-corrected chi connectivity index (χ0v) is 7.49. The lowest BCUT2D eigenvalue weighted by Gasteiger charge is -2.11. The van der Waals surface area contributed by atoms with Gasteiger partial charge in [-0.3, -0.25) is 5.41 Å². The van der Waals surface area contributed by atoms with Crippen LogP contribution in [0, 0.1) is 5.41 Å². The first-order chi connectivity index (χ1) is 6.57. The van der Waals surface area contributed by atoms with Gasteiger partial charge < -0.3 is 27.1 Å². The second-order valence-corrected chi connectivity index (χ2v) is 2.71. The molecule has 1 aromatic rings. The molecule has 0 spiro atoms. The van der Waals surface area contributed by atoms with Crippen LogP contribution in [0.1, 0.15) is 0 Å². The van der Waals surface area contributed by atoms with Crippen molar-refractivity contribution >= 4 is 17.2 Å². The normalized spacial score (nSPS) is 10.1. The maximum atomic E-state index is 9.26. The molecule has 7 heteroatoms. The van der Waals surface area contributed by atoms with Gasteiger partial charge in [0, 0.05) is 12.6 Å². The van der Waals surface area contributed by atoms with Crippen LogP contribution in [0.3, 0.4) is 0 Å². The lowest BCUT2D eigenvalue weighted by molar-refractivity contribution is 0.177. The van der Waals surface area contributed by atoms with Crippen LogP contribution in [0.25, 0.3) is 0 Å². The number of hydrogen-bond acceptors (Lipinski definition) is 6. The first kappa shape index (κ1) is 10.2. The molecule has 0 saturated heterocycles. The van der Waals surface area contributed by atoms with Crippen LogP contribution >= 0.6 is 0 Å². The van der Waals surface area contributed by atoms with Crippen LogP contribution < -0.4 is 22.3 Å². The van der Waals surface area contributed by atoms with E-state index in [0.29, 0.717) is 4.73 Å². The van der Waals surface area contributed by atoms with Crippen molar-refractivity contribution in [2.45, 2.75) is 0 Å². The summed E-state index contributed by atoms with van der Waals surface area (Å²) in [4.78, 5) is 0. The monoisotopic (exact) mass is 199 g/mol. The van der Waals surface area contributed by atoms with E-state index in [1.165, 1.54) is 6.07 Å². The Morgan fingerprint density at radius 3 is 2.71 bits per heavy atom. The van der Waals surface area contributed by atoms with E-state index in [1.54, 1.807) is 0 Å². The van der Waals surface area contributed by atoms with Crippen LogP contribution in [0.2, 0.25) is 0 Å². The Morgan fingerprint density at radius 1 is 1.50 bits per heavy atom. The number of nitrogens with two attached hydrogens (primary N) is 2. The molecule has 0 aromatic carbocycles. The van der Waals surface area contributed by atoms with E-state index in [-0.39, 0.29) is 35.8 Å². The Balaban J connectivity index is 3.16. The fraction of sp³-hybridized carbons (Fsp3) is 0.286. The van der Waals surface area contributed by atoms with Crippen LogP contribution in [0.4, 0.5) is 17.2 Å². The average Bonchev–Trinajstić information content (AvgIpc) is 2.14. The molecule has 0 atom stereocenters. The van der Waals surface area contributed by atoms with Crippen molar-refractivity contribution in [3.8, 4) is 0 Å². The highest BCUT2D eigenvalue weighted by Gasteiger charge is 2.06. The van der Waals surface area contributed by atoms with E-state index in [9.17, 15) is 5.21 Å². The lowest BCUT2D eigenvalue weighted by atomic mass is 10.3. The topological polar surface area (TPSA) is 133 Å². The largest absolute Gasteiger partial charge is 0.425 e. The van der Waals surface area contributed by atoms with Crippen molar-refractivity contribution in [2.75, 3.05) is 29.9 Å². The molecule has 14 heavy (non-hydrogen) atoms. The molecule has 8 N–H and O–H groups in total. The lowest BCUT2D eigenvalue weighted by Crippen LogP contribution is -2.26. The van der Waals surface area contributed by atoms with Crippen molar-refractivity contribution in [2.24, 2.45) is 0 Å². The van der Waals surface area contributed by atoms with E-state index in [1.807, 2.05) is 0 Å². The Morgan fingerprint density at radius 2 is 2.14 bits per heavy atom. The molecule has 1 heterocycles. The van der Waals surface area contributed by atoms with Gasteiger partial charge in [0.15, 0.2) is 5.49 Å². The van der Waals surface area contributed by atoms with E-state index in [4.69, 9.17) is 22.0 Å². The summed E-state index contributed by atoms with van der Waals surface area (Å²) in [5, 5.41) is 28.0. The van der Waals surface area contributed by atoms with Crippen molar-refractivity contribution in [3.63, 3.8) is 0 Å². The number of aliphatic hydroxyl groups is 1. The maximum absolute atomic E-state index is 9.26. The predicted octanol–water partition coefficient (Wildman–Crippen LogP) is -1.23. The summed E-state index contributed by atoms with van der Waals surface area (Å²) in [6.45, 7) is 0.161. The molecule has 0 aliphatic rings. The van der Waals surface area contributed by atoms with E-state index in [2.05, 4.69) is 5.32 Å². The molecule has 1 aromatic heterocycles. The number of anilines is 3. The summed E-state index contributed by atoms with van der Waals surface area (Å²) in [7, 11) is 0. The molecular formula is C7H13N5O2. The number of pyridine rings is 1.